The third-order valence-electron chi connectivity index (χ3n) is 8.24. The number of carbonyl (C=O) groups is 1. The molecule has 0 bridgehead atoms. The first-order chi connectivity index (χ1) is 22.1. The van der Waals surface area contributed by atoms with Crippen molar-refractivity contribution in [1.82, 2.24) is 24.8 Å². The van der Waals surface area contributed by atoms with Gasteiger partial charge in [0.15, 0.2) is 5.82 Å². The van der Waals surface area contributed by atoms with Gasteiger partial charge < -0.3 is 29.3 Å². The number of likely N-dealkylation sites (tertiary alicyclic amines) is 1. The normalized spacial score (nSPS) is 18.1. The maximum absolute atomic E-state index is 12.4. The fourth-order valence-electron chi connectivity index (χ4n) is 5.74. The number of nitrogens with zero attached hydrogens (tertiary/aromatic N) is 7. The van der Waals surface area contributed by atoms with Crippen LogP contribution in [0.25, 0.3) is 11.4 Å². The van der Waals surface area contributed by atoms with Gasteiger partial charge in [0, 0.05) is 69.0 Å². The predicted molar refractivity (Wildman–Crippen MR) is 175 cm³/mol. The molecule has 0 saturated carbocycles. The fourth-order valence-corrected chi connectivity index (χ4v) is 5.90. The molecule has 0 atom stereocenters. The van der Waals surface area contributed by atoms with E-state index < -0.39 is 5.60 Å². The number of ether oxygens (including phenoxy) is 3. The molecule has 0 unspecified atom stereocenters. The quantitative estimate of drug-likeness (QED) is 0.368. The van der Waals surface area contributed by atoms with Crippen LogP contribution < -0.4 is 15.0 Å². The lowest BCUT2D eigenvalue weighted by Gasteiger charge is -2.43. The van der Waals surface area contributed by atoms with Crippen molar-refractivity contribution in [3.05, 3.63) is 53.3 Å². The Morgan fingerprint density at radius 2 is 1.72 bits per heavy atom. The topological polar surface area (TPSA) is 129 Å². The number of carbonyl (C=O) groups excluding carboxylic acids is 1. The molecule has 12 nitrogen and oxygen atoms in total. The Balaban J connectivity index is 1.09. The van der Waals surface area contributed by atoms with Gasteiger partial charge in [0.1, 0.15) is 17.5 Å². The molecule has 3 aliphatic heterocycles. The van der Waals surface area contributed by atoms with Gasteiger partial charge in [-0.15, -0.1) is 0 Å². The maximum Gasteiger partial charge on any atom is 0.410 e. The van der Waals surface area contributed by atoms with Crippen LogP contribution in [-0.4, -0.2) is 101 Å². The Bertz CT molecular complexity index is 1570. The summed E-state index contributed by atoms with van der Waals surface area (Å²) in [5.41, 5.74) is 2.42. The lowest BCUT2D eigenvalue weighted by molar-refractivity contribution is -0.0660. The molecular weight excluding hydrogens is 608 g/mol. The Morgan fingerprint density at radius 1 is 1.00 bits per heavy atom. The van der Waals surface area contributed by atoms with E-state index in [0.29, 0.717) is 60.6 Å². The van der Waals surface area contributed by atoms with Crippen molar-refractivity contribution in [3.63, 3.8) is 0 Å². The van der Waals surface area contributed by atoms with Crippen molar-refractivity contribution in [3.8, 4) is 23.2 Å². The molecule has 2 aromatic carbocycles. The van der Waals surface area contributed by atoms with Crippen LogP contribution in [0, 0.1) is 11.3 Å². The van der Waals surface area contributed by atoms with Gasteiger partial charge in [0.05, 0.1) is 30.9 Å². The Labute approximate surface area is 274 Å². The lowest BCUT2D eigenvalue weighted by atomic mass is 10.1. The molecule has 3 aliphatic rings. The highest BCUT2D eigenvalue weighted by Gasteiger charge is 2.29. The van der Waals surface area contributed by atoms with E-state index in [1.54, 1.807) is 23.1 Å². The second-order valence-corrected chi connectivity index (χ2v) is 13.1. The van der Waals surface area contributed by atoms with Crippen molar-refractivity contribution < 1.29 is 19.0 Å². The van der Waals surface area contributed by atoms with Gasteiger partial charge in [-0.05, 0) is 74.8 Å². The van der Waals surface area contributed by atoms with E-state index in [1.165, 1.54) is 5.69 Å². The van der Waals surface area contributed by atoms with Gasteiger partial charge in [-0.3, -0.25) is 4.90 Å². The van der Waals surface area contributed by atoms with Crippen LogP contribution in [0.4, 0.5) is 22.1 Å². The summed E-state index contributed by atoms with van der Waals surface area (Å²) in [5, 5.41) is 13.0. The largest absolute Gasteiger partial charge is 0.490 e. The van der Waals surface area contributed by atoms with Crippen LogP contribution >= 0.6 is 11.6 Å². The minimum absolute atomic E-state index is 0.0261. The van der Waals surface area contributed by atoms with Crippen molar-refractivity contribution in [1.29, 1.82) is 5.26 Å². The highest BCUT2D eigenvalue weighted by atomic mass is 35.5. The van der Waals surface area contributed by atoms with Crippen LogP contribution in [0.5, 0.6) is 5.75 Å². The van der Waals surface area contributed by atoms with Crippen LogP contribution in [0.1, 0.15) is 39.2 Å². The molecule has 242 valence electrons. The Hall–Kier alpha value is -4.18. The van der Waals surface area contributed by atoms with E-state index in [4.69, 9.17) is 25.8 Å². The number of piperazine rings is 1. The van der Waals surface area contributed by atoms with Gasteiger partial charge in [0.2, 0.25) is 11.2 Å². The van der Waals surface area contributed by atoms with E-state index in [1.807, 2.05) is 32.9 Å². The summed E-state index contributed by atoms with van der Waals surface area (Å²) in [6.07, 6.45) is 0.841. The zero-order valence-corrected chi connectivity index (χ0v) is 27.2. The number of aromatic nitrogens is 3. The highest BCUT2D eigenvalue weighted by Crippen LogP contribution is 2.29. The number of rotatable bonds is 7. The fraction of sp³-hybridized carbons (Fsp3) is 0.485. The number of hydrogen-bond acceptors (Lipinski definition) is 11. The number of nitrogens with one attached hydrogen (secondary N) is 1. The summed E-state index contributed by atoms with van der Waals surface area (Å²) in [4.78, 5) is 32.3. The van der Waals surface area contributed by atoms with Gasteiger partial charge in [-0.1, -0.05) is 0 Å². The van der Waals surface area contributed by atoms with Crippen molar-refractivity contribution >= 4 is 35.0 Å². The molecule has 0 radical (unpaired) electrons. The number of amides is 1. The third-order valence-corrected chi connectivity index (χ3v) is 8.41. The predicted octanol–water partition coefficient (Wildman–Crippen LogP) is 5.11. The number of hydrogen-bond donors (Lipinski definition) is 1. The second kappa shape index (κ2) is 13.7. The van der Waals surface area contributed by atoms with E-state index in [-0.39, 0.29) is 17.5 Å². The molecule has 1 aromatic heterocycles. The van der Waals surface area contributed by atoms with E-state index >= 15 is 0 Å². The first kappa shape index (κ1) is 31.8. The molecule has 0 aliphatic carbocycles. The third kappa shape index (κ3) is 7.96. The summed E-state index contributed by atoms with van der Waals surface area (Å²) in [5.74, 6) is 1.13. The zero-order chi connectivity index (χ0) is 32.3. The van der Waals surface area contributed by atoms with Crippen LogP contribution in [0.15, 0.2) is 42.5 Å². The minimum atomic E-state index is -0.544. The molecule has 4 heterocycles. The van der Waals surface area contributed by atoms with E-state index in [2.05, 4.69) is 48.3 Å². The molecule has 6 rings (SSSR count). The smallest absolute Gasteiger partial charge is 0.410 e. The summed E-state index contributed by atoms with van der Waals surface area (Å²) >= 11 is 6.33. The molecule has 1 N–H and O–H groups in total. The average Bonchev–Trinajstić information content (AvgIpc) is 3.00. The van der Waals surface area contributed by atoms with E-state index in [9.17, 15) is 10.1 Å². The van der Waals surface area contributed by atoms with Crippen molar-refractivity contribution in [2.45, 2.75) is 51.4 Å². The lowest BCUT2D eigenvalue weighted by Crippen LogP contribution is -2.56. The molecule has 3 fully saturated rings. The summed E-state index contributed by atoms with van der Waals surface area (Å²) in [7, 11) is 0. The molecule has 3 aromatic rings. The maximum atomic E-state index is 12.4. The number of piperidine rings is 1. The molecular formula is C33H39ClN8O4. The van der Waals surface area contributed by atoms with Crippen LogP contribution in [0.2, 0.25) is 5.28 Å². The number of halogens is 1. The Morgan fingerprint density at radius 3 is 2.35 bits per heavy atom. The average molecular weight is 647 g/mol. The van der Waals surface area contributed by atoms with Crippen molar-refractivity contribution in [2.75, 3.05) is 62.7 Å². The first-order valence-corrected chi connectivity index (χ1v) is 16.1. The molecule has 13 heteroatoms. The second-order valence-electron chi connectivity index (χ2n) is 12.8. The van der Waals surface area contributed by atoms with Gasteiger partial charge in [-0.25, -0.2) is 4.79 Å². The molecule has 0 spiro atoms. The minimum Gasteiger partial charge on any atom is -0.490 e. The summed E-state index contributed by atoms with van der Waals surface area (Å²) in [6.45, 7) is 12.3. The first-order valence-electron chi connectivity index (χ1n) is 15.7. The SMILES string of the molecule is CC(C)(C)OC(=O)N1CCC(Oc2cc(C#N)cc(-c3nc(Cl)nc(Nc4ccc(N5CCN(C6COC6)CC5)cc4)n3)c2)CC1. The molecule has 46 heavy (non-hydrogen) atoms. The van der Waals surface area contributed by atoms with Gasteiger partial charge in [0.25, 0.3) is 0 Å². The number of anilines is 3. The van der Waals surface area contributed by atoms with Gasteiger partial charge >= 0.3 is 6.09 Å². The number of benzene rings is 2. The van der Waals surface area contributed by atoms with E-state index in [0.717, 1.165) is 45.1 Å². The zero-order valence-electron chi connectivity index (χ0n) is 26.4. The van der Waals surface area contributed by atoms with Gasteiger partial charge in [-0.2, -0.15) is 20.2 Å². The highest BCUT2D eigenvalue weighted by molar-refractivity contribution is 6.28. The molecule has 3 saturated heterocycles. The van der Waals surface area contributed by atoms with Crippen LogP contribution in [0.3, 0.4) is 0 Å². The summed E-state index contributed by atoms with van der Waals surface area (Å²) < 4.78 is 17.1. The van der Waals surface area contributed by atoms with Crippen LogP contribution in [-0.2, 0) is 9.47 Å². The van der Waals surface area contributed by atoms with Crippen molar-refractivity contribution in [2.24, 2.45) is 0 Å². The Kier molecular flexibility index (Phi) is 9.44. The standard InChI is InChI=1S/C33H39ClN8O4/c1-33(2,3)46-32(43)42-10-8-27(9-11-42)45-28-17-22(19-35)16-23(18-28)29-37-30(34)39-31(38-29)36-24-4-6-25(7-5-24)40-12-14-41(15-13-40)26-20-44-21-26/h4-7,16-18,26-27H,8-15,20-21H2,1-3H3,(H,36,37,38,39). The monoisotopic (exact) mass is 646 g/mol. The summed E-state index contributed by atoms with van der Waals surface area (Å²) in [6, 6.07) is 16.1. The molecule has 1 amide bonds. The number of nitriles is 1.